The Morgan fingerprint density at radius 1 is 1.22 bits per heavy atom. The molecule has 142 valence electrons. The Morgan fingerprint density at radius 3 is 2.74 bits per heavy atom. The van der Waals surface area contributed by atoms with Crippen LogP contribution in [0.5, 0.6) is 11.5 Å². The number of hydrogen-bond donors (Lipinski definition) is 2. The summed E-state index contributed by atoms with van der Waals surface area (Å²) in [5.74, 6) is 0.155. The van der Waals surface area contributed by atoms with E-state index in [4.69, 9.17) is 26.2 Å². The predicted octanol–water partition coefficient (Wildman–Crippen LogP) is 3.77. The summed E-state index contributed by atoms with van der Waals surface area (Å²) in [6.07, 6.45) is 1.10. The molecule has 7 heteroatoms. The zero-order chi connectivity index (χ0) is 19.2. The molecule has 1 aliphatic heterocycles. The zero-order valence-electron chi connectivity index (χ0n) is 14.6. The number of carboxylic acids is 1. The molecule has 1 atom stereocenters. The van der Waals surface area contributed by atoms with Gasteiger partial charge in [-0.1, -0.05) is 11.6 Å². The fourth-order valence-corrected chi connectivity index (χ4v) is 3.02. The van der Waals surface area contributed by atoms with E-state index in [1.807, 2.05) is 12.1 Å². The number of anilines is 1. The summed E-state index contributed by atoms with van der Waals surface area (Å²) in [7, 11) is 0. The van der Waals surface area contributed by atoms with Crippen LogP contribution in [-0.2, 0) is 16.0 Å². The van der Waals surface area contributed by atoms with Gasteiger partial charge in [0, 0.05) is 17.1 Å². The van der Waals surface area contributed by atoms with Crippen molar-refractivity contribution in [3.8, 4) is 11.5 Å². The first-order valence-electron chi connectivity index (χ1n) is 8.68. The van der Waals surface area contributed by atoms with Crippen LogP contribution in [0.25, 0.3) is 0 Å². The molecule has 3 rings (SSSR count). The van der Waals surface area contributed by atoms with E-state index in [9.17, 15) is 9.59 Å². The lowest BCUT2D eigenvalue weighted by Crippen LogP contribution is -2.32. The lowest BCUT2D eigenvalue weighted by molar-refractivity contribution is -0.137. The maximum absolute atomic E-state index is 12.5. The highest BCUT2D eigenvalue weighted by molar-refractivity contribution is 6.30. The van der Waals surface area contributed by atoms with Crippen molar-refractivity contribution in [2.45, 2.75) is 19.3 Å². The molecule has 1 unspecified atom stereocenters. The number of hydrogen-bond acceptors (Lipinski definition) is 4. The molecule has 0 aromatic heterocycles. The summed E-state index contributed by atoms with van der Waals surface area (Å²) in [6.45, 7) is 0.657. The Labute approximate surface area is 162 Å². The van der Waals surface area contributed by atoms with Gasteiger partial charge < -0.3 is 19.9 Å². The van der Waals surface area contributed by atoms with Crippen molar-refractivity contribution in [1.29, 1.82) is 0 Å². The summed E-state index contributed by atoms with van der Waals surface area (Å²) in [4.78, 5) is 23.0. The van der Waals surface area contributed by atoms with Gasteiger partial charge in [0.2, 0.25) is 5.91 Å². The van der Waals surface area contributed by atoms with Crippen LogP contribution in [0, 0.1) is 5.92 Å². The minimum absolute atomic E-state index is 0.0753. The van der Waals surface area contributed by atoms with Crippen molar-refractivity contribution < 1.29 is 24.2 Å². The molecule has 0 bridgehead atoms. The number of halogens is 1. The Morgan fingerprint density at radius 2 is 2.00 bits per heavy atom. The number of fused-ring (bicyclic) bond motifs is 1. The van der Waals surface area contributed by atoms with Crippen LogP contribution in [0.3, 0.4) is 0 Å². The van der Waals surface area contributed by atoms with Gasteiger partial charge in [-0.15, -0.1) is 0 Å². The fourth-order valence-electron chi connectivity index (χ4n) is 2.82. The van der Waals surface area contributed by atoms with Crippen molar-refractivity contribution >= 4 is 29.2 Å². The molecule has 27 heavy (non-hydrogen) atoms. The minimum atomic E-state index is -0.840. The fraction of sp³-hybridized carbons (Fsp3) is 0.300. The second-order valence-corrected chi connectivity index (χ2v) is 6.76. The Hall–Kier alpha value is -2.73. The average Bonchev–Trinajstić information content (AvgIpc) is 2.65. The highest BCUT2D eigenvalue weighted by Gasteiger charge is 2.26. The second kappa shape index (κ2) is 8.77. The number of carbonyl (C=O) groups is 2. The first-order chi connectivity index (χ1) is 13.0. The van der Waals surface area contributed by atoms with Crippen molar-refractivity contribution in [2.24, 2.45) is 5.92 Å². The van der Waals surface area contributed by atoms with E-state index in [0.29, 0.717) is 42.5 Å². The van der Waals surface area contributed by atoms with Gasteiger partial charge in [0.25, 0.3) is 0 Å². The van der Waals surface area contributed by atoms with Crippen molar-refractivity contribution in [1.82, 2.24) is 0 Å². The quantitative estimate of drug-likeness (QED) is 0.704. The average molecular weight is 390 g/mol. The highest BCUT2D eigenvalue weighted by Crippen LogP contribution is 2.30. The highest BCUT2D eigenvalue weighted by atomic mass is 35.5. The molecule has 1 aliphatic rings. The number of carboxylic acid groups (broad SMARTS) is 1. The van der Waals surface area contributed by atoms with E-state index in [0.717, 1.165) is 11.3 Å². The summed E-state index contributed by atoms with van der Waals surface area (Å²) < 4.78 is 11.1. The van der Waals surface area contributed by atoms with Gasteiger partial charge in [0.15, 0.2) is 0 Å². The maximum Gasteiger partial charge on any atom is 0.303 e. The lowest BCUT2D eigenvalue weighted by Gasteiger charge is -2.24. The Balaban J connectivity index is 1.51. The summed E-state index contributed by atoms with van der Waals surface area (Å²) in [5.41, 5.74) is 1.59. The number of aliphatic carboxylic acids is 1. The number of rotatable bonds is 7. The van der Waals surface area contributed by atoms with Gasteiger partial charge in [-0.25, -0.2) is 0 Å². The standard InChI is InChI=1S/C20H20ClNO5/c21-15-3-8-18-13(11-15)10-14(12-27-18)20(25)22-16-4-6-17(7-5-16)26-9-1-2-19(23)24/h3-8,11,14H,1-2,9-10,12H2,(H,22,25)(H,23,24). The molecule has 0 saturated heterocycles. The van der Waals surface area contributed by atoms with Crippen LogP contribution in [0.1, 0.15) is 18.4 Å². The van der Waals surface area contributed by atoms with Crippen LogP contribution in [0.15, 0.2) is 42.5 Å². The molecule has 2 aromatic rings. The van der Waals surface area contributed by atoms with E-state index < -0.39 is 5.97 Å². The third kappa shape index (κ3) is 5.37. The molecule has 2 aromatic carbocycles. The topological polar surface area (TPSA) is 84.9 Å². The Kier molecular flexibility index (Phi) is 6.19. The summed E-state index contributed by atoms with van der Waals surface area (Å²) in [6, 6.07) is 12.4. The first kappa shape index (κ1) is 19.0. The third-order valence-corrected chi connectivity index (χ3v) is 4.46. The molecule has 1 heterocycles. The summed E-state index contributed by atoms with van der Waals surface area (Å²) in [5, 5.41) is 12.1. The number of nitrogens with one attached hydrogen (secondary N) is 1. The van der Waals surface area contributed by atoms with Crippen LogP contribution < -0.4 is 14.8 Å². The predicted molar refractivity (Wildman–Crippen MR) is 102 cm³/mol. The smallest absolute Gasteiger partial charge is 0.303 e. The van der Waals surface area contributed by atoms with Gasteiger partial charge in [-0.3, -0.25) is 9.59 Å². The van der Waals surface area contributed by atoms with Crippen molar-refractivity contribution in [2.75, 3.05) is 18.5 Å². The number of amides is 1. The van der Waals surface area contributed by atoms with Crippen LogP contribution >= 0.6 is 11.6 Å². The molecule has 1 amide bonds. The second-order valence-electron chi connectivity index (χ2n) is 6.32. The molecule has 6 nitrogen and oxygen atoms in total. The molecular formula is C20H20ClNO5. The molecule has 0 radical (unpaired) electrons. The first-order valence-corrected chi connectivity index (χ1v) is 9.06. The van der Waals surface area contributed by atoms with Gasteiger partial charge >= 0.3 is 5.97 Å². The molecular weight excluding hydrogens is 370 g/mol. The van der Waals surface area contributed by atoms with E-state index >= 15 is 0 Å². The van der Waals surface area contributed by atoms with Gasteiger partial charge in [-0.05, 0) is 60.9 Å². The van der Waals surface area contributed by atoms with Crippen molar-refractivity contribution in [3.05, 3.63) is 53.1 Å². The van der Waals surface area contributed by atoms with Crippen LogP contribution in [0.4, 0.5) is 5.69 Å². The normalized spacial score (nSPS) is 15.4. The Bertz CT molecular complexity index is 822. The molecule has 0 aliphatic carbocycles. The van der Waals surface area contributed by atoms with E-state index in [1.165, 1.54) is 0 Å². The largest absolute Gasteiger partial charge is 0.494 e. The van der Waals surface area contributed by atoms with E-state index in [2.05, 4.69) is 5.32 Å². The molecule has 2 N–H and O–H groups in total. The third-order valence-electron chi connectivity index (χ3n) is 4.23. The number of benzene rings is 2. The van der Waals surface area contributed by atoms with Gasteiger partial charge in [0.1, 0.15) is 18.1 Å². The summed E-state index contributed by atoms with van der Waals surface area (Å²) >= 11 is 6.01. The van der Waals surface area contributed by atoms with Gasteiger partial charge in [0.05, 0.1) is 12.5 Å². The molecule has 0 saturated carbocycles. The number of ether oxygens (including phenoxy) is 2. The maximum atomic E-state index is 12.5. The van der Waals surface area contributed by atoms with E-state index in [1.54, 1.807) is 30.3 Å². The van der Waals surface area contributed by atoms with Gasteiger partial charge in [-0.2, -0.15) is 0 Å². The minimum Gasteiger partial charge on any atom is -0.494 e. The van der Waals surface area contributed by atoms with Crippen molar-refractivity contribution in [3.63, 3.8) is 0 Å². The van der Waals surface area contributed by atoms with E-state index in [-0.39, 0.29) is 18.2 Å². The zero-order valence-corrected chi connectivity index (χ0v) is 15.4. The van der Waals surface area contributed by atoms with Crippen LogP contribution in [0.2, 0.25) is 5.02 Å². The SMILES string of the molecule is O=C(O)CCCOc1ccc(NC(=O)C2COc3ccc(Cl)cc3C2)cc1. The number of carbonyl (C=O) groups excluding carboxylic acids is 1. The molecule has 0 fully saturated rings. The molecule has 0 spiro atoms. The lowest BCUT2D eigenvalue weighted by atomic mass is 9.96. The monoisotopic (exact) mass is 389 g/mol. The van der Waals surface area contributed by atoms with Crippen LogP contribution in [-0.4, -0.2) is 30.2 Å².